The van der Waals surface area contributed by atoms with Gasteiger partial charge < -0.3 is 4.74 Å². The van der Waals surface area contributed by atoms with Crippen LogP contribution in [0.25, 0.3) is 56.2 Å². The van der Waals surface area contributed by atoms with Gasteiger partial charge in [0.25, 0.3) is 0 Å². The van der Waals surface area contributed by atoms with Gasteiger partial charge >= 0.3 is 0 Å². The zero-order valence-electron chi connectivity index (χ0n) is 28.9. The third-order valence-electron chi connectivity index (χ3n) is 10.8. The van der Waals surface area contributed by atoms with Gasteiger partial charge in [0.1, 0.15) is 11.5 Å². The van der Waals surface area contributed by atoms with Crippen LogP contribution < -0.4 is 4.74 Å². The number of fused-ring (bicyclic) bond motifs is 9. The lowest BCUT2D eigenvalue weighted by Crippen LogP contribution is -2.32. The second-order valence-electron chi connectivity index (χ2n) is 13.7. The Labute approximate surface area is 308 Å². The second kappa shape index (κ2) is 12.0. The lowest BCUT2D eigenvalue weighted by atomic mass is 9.65. The van der Waals surface area contributed by atoms with E-state index in [1.165, 1.54) is 5.56 Å². The van der Waals surface area contributed by atoms with Crippen molar-refractivity contribution in [2.24, 2.45) is 0 Å². The Morgan fingerprint density at radius 3 is 1.58 bits per heavy atom. The maximum absolute atomic E-state index is 10.0. The van der Waals surface area contributed by atoms with Gasteiger partial charge in [0, 0.05) is 33.4 Å². The highest BCUT2D eigenvalue weighted by atomic mass is 16.5. The molecule has 1 aliphatic heterocycles. The molecule has 2 aliphatic rings. The number of rotatable bonds is 4. The van der Waals surface area contributed by atoms with Crippen molar-refractivity contribution in [2.75, 3.05) is 0 Å². The number of para-hydroxylation sites is 2. The van der Waals surface area contributed by atoms with E-state index in [1.54, 1.807) is 0 Å². The molecule has 0 amide bonds. The van der Waals surface area contributed by atoms with E-state index in [9.17, 15) is 5.26 Å². The predicted molar refractivity (Wildman–Crippen MR) is 211 cm³/mol. The smallest absolute Gasteiger partial charge is 0.160 e. The minimum atomic E-state index is -0.654. The normalized spacial score (nSPS) is 12.9. The lowest BCUT2D eigenvalue weighted by molar-refractivity contribution is 0.436. The summed E-state index contributed by atoms with van der Waals surface area (Å²) in [6.07, 6.45) is 0. The topological polar surface area (TPSA) is 58.8 Å². The minimum absolute atomic E-state index is 0.638. The van der Waals surface area contributed by atoms with Gasteiger partial charge in [0.15, 0.2) is 5.82 Å². The Bertz CT molecular complexity index is 2720. The average molecular weight is 678 g/mol. The third kappa shape index (κ3) is 4.68. The van der Waals surface area contributed by atoms with Gasteiger partial charge in [-0.05, 0) is 70.6 Å². The van der Waals surface area contributed by atoms with Crippen molar-refractivity contribution >= 4 is 0 Å². The van der Waals surface area contributed by atoms with Gasteiger partial charge in [-0.25, -0.2) is 9.97 Å². The van der Waals surface area contributed by atoms with Gasteiger partial charge in [0.05, 0.1) is 28.4 Å². The summed E-state index contributed by atoms with van der Waals surface area (Å²) in [4.78, 5) is 10.2. The van der Waals surface area contributed by atoms with E-state index in [2.05, 4.69) is 116 Å². The molecular formula is C49H31N3O. The van der Waals surface area contributed by atoms with Crippen LogP contribution in [-0.4, -0.2) is 9.97 Å². The van der Waals surface area contributed by atoms with Crippen LogP contribution in [0.5, 0.6) is 11.5 Å². The van der Waals surface area contributed by atoms with E-state index in [-0.39, 0.29) is 0 Å². The van der Waals surface area contributed by atoms with Crippen LogP contribution in [0, 0.1) is 18.3 Å². The molecule has 4 heteroatoms. The Kier molecular flexibility index (Phi) is 6.96. The van der Waals surface area contributed by atoms with Crippen molar-refractivity contribution in [1.82, 2.24) is 9.97 Å². The molecule has 1 spiro atoms. The van der Waals surface area contributed by atoms with Crippen LogP contribution in [0.2, 0.25) is 0 Å². The average Bonchev–Trinajstić information content (AvgIpc) is 3.51. The Balaban J connectivity index is 1.13. The monoisotopic (exact) mass is 677 g/mol. The Morgan fingerprint density at radius 1 is 0.472 bits per heavy atom. The molecule has 0 atom stereocenters. The summed E-state index contributed by atoms with van der Waals surface area (Å²) < 4.78 is 6.53. The first kappa shape index (κ1) is 30.7. The number of hydrogen-bond donors (Lipinski definition) is 0. The highest BCUT2D eigenvalue weighted by Gasteiger charge is 2.51. The number of aromatic nitrogens is 2. The first-order valence-electron chi connectivity index (χ1n) is 17.8. The molecule has 10 rings (SSSR count). The zero-order chi connectivity index (χ0) is 35.5. The molecule has 0 radical (unpaired) electrons. The van der Waals surface area contributed by atoms with Crippen LogP contribution in [0.1, 0.15) is 33.4 Å². The van der Waals surface area contributed by atoms with E-state index < -0.39 is 5.41 Å². The molecule has 4 nitrogen and oxygen atoms in total. The SMILES string of the molecule is Cc1c(-c2ccccc2)nc(-c2ccccc2)nc1-c1ccc(-c2ccc3c(c2)C2(c4ccccc4Oc4ccccc42)c2cc(C#N)ccc2-3)cc1. The fourth-order valence-corrected chi connectivity index (χ4v) is 8.36. The van der Waals surface area contributed by atoms with Crippen molar-refractivity contribution in [2.45, 2.75) is 12.3 Å². The molecule has 1 aliphatic carbocycles. The molecular weight excluding hydrogens is 647 g/mol. The first-order valence-corrected chi connectivity index (χ1v) is 17.8. The molecule has 7 aromatic carbocycles. The number of hydrogen-bond acceptors (Lipinski definition) is 4. The van der Waals surface area contributed by atoms with Gasteiger partial charge in [0.2, 0.25) is 0 Å². The molecule has 1 aromatic heterocycles. The van der Waals surface area contributed by atoms with Crippen LogP contribution >= 0.6 is 0 Å². The van der Waals surface area contributed by atoms with Crippen molar-refractivity contribution < 1.29 is 4.74 Å². The fraction of sp³-hybridized carbons (Fsp3) is 0.0408. The molecule has 0 saturated carbocycles. The molecule has 248 valence electrons. The van der Waals surface area contributed by atoms with Gasteiger partial charge in [-0.15, -0.1) is 0 Å². The predicted octanol–water partition coefficient (Wildman–Crippen LogP) is 11.8. The molecule has 0 N–H and O–H groups in total. The molecule has 0 bridgehead atoms. The zero-order valence-corrected chi connectivity index (χ0v) is 28.9. The standard InChI is InChI=1S/C49H31N3O/c1-31-46(34-12-4-2-5-13-34)51-48(36-14-6-3-7-15-36)52-47(31)35-23-21-33(22-24-35)37-25-27-39-38-26-20-32(30-50)28-42(38)49(43(39)29-37)40-16-8-10-18-44(40)53-45-19-11-9-17-41(45)49/h2-29H,1H3. The summed E-state index contributed by atoms with van der Waals surface area (Å²) in [5.41, 5.74) is 14.9. The molecule has 0 unspecified atom stereocenters. The summed E-state index contributed by atoms with van der Waals surface area (Å²) in [6.45, 7) is 2.11. The van der Waals surface area contributed by atoms with E-state index >= 15 is 0 Å². The molecule has 0 saturated heterocycles. The quantitative estimate of drug-likeness (QED) is 0.186. The number of nitrogens with zero attached hydrogens (tertiary/aromatic N) is 3. The van der Waals surface area contributed by atoms with E-state index in [1.807, 2.05) is 66.7 Å². The van der Waals surface area contributed by atoms with E-state index in [0.717, 1.165) is 84.1 Å². The maximum atomic E-state index is 10.0. The number of benzene rings is 7. The molecule has 0 fully saturated rings. The van der Waals surface area contributed by atoms with Gasteiger partial charge in [-0.1, -0.05) is 140 Å². The second-order valence-corrected chi connectivity index (χ2v) is 13.7. The van der Waals surface area contributed by atoms with Crippen molar-refractivity contribution in [3.05, 3.63) is 203 Å². The van der Waals surface area contributed by atoms with Crippen molar-refractivity contribution in [3.8, 4) is 73.7 Å². The van der Waals surface area contributed by atoms with Crippen LogP contribution in [0.3, 0.4) is 0 Å². The molecule has 2 heterocycles. The van der Waals surface area contributed by atoms with E-state index in [0.29, 0.717) is 11.4 Å². The highest BCUT2D eigenvalue weighted by molar-refractivity contribution is 5.91. The van der Waals surface area contributed by atoms with Crippen LogP contribution in [-0.2, 0) is 5.41 Å². The first-order chi connectivity index (χ1) is 26.1. The Hall–Kier alpha value is -7.09. The summed E-state index contributed by atoms with van der Waals surface area (Å²) in [5, 5.41) is 10.0. The molecule has 8 aromatic rings. The molecule has 53 heavy (non-hydrogen) atoms. The van der Waals surface area contributed by atoms with Crippen LogP contribution in [0.4, 0.5) is 0 Å². The highest BCUT2D eigenvalue weighted by Crippen LogP contribution is 2.62. The van der Waals surface area contributed by atoms with Crippen molar-refractivity contribution in [1.29, 1.82) is 5.26 Å². The van der Waals surface area contributed by atoms with Crippen LogP contribution in [0.15, 0.2) is 170 Å². The van der Waals surface area contributed by atoms with Gasteiger partial charge in [-0.3, -0.25) is 0 Å². The number of ether oxygens (including phenoxy) is 1. The van der Waals surface area contributed by atoms with E-state index in [4.69, 9.17) is 14.7 Å². The minimum Gasteiger partial charge on any atom is -0.457 e. The summed E-state index contributed by atoms with van der Waals surface area (Å²) in [7, 11) is 0. The summed E-state index contributed by atoms with van der Waals surface area (Å²) >= 11 is 0. The third-order valence-corrected chi connectivity index (χ3v) is 10.8. The maximum Gasteiger partial charge on any atom is 0.160 e. The van der Waals surface area contributed by atoms with Crippen molar-refractivity contribution in [3.63, 3.8) is 0 Å². The fourth-order valence-electron chi connectivity index (χ4n) is 8.36. The van der Waals surface area contributed by atoms with Gasteiger partial charge in [-0.2, -0.15) is 5.26 Å². The Morgan fingerprint density at radius 2 is 0.962 bits per heavy atom. The largest absolute Gasteiger partial charge is 0.457 e. The lowest BCUT2D eigenvalue weighted by Gasteiger charge is -2.39. The number of nitriles is 1. The summed E-state index contributed by atoms with van der Waals surface area (Å²) in [5.74, 6) is 2.35. The summed E-state index contributed by atoms with van der Waals surface area (Å²) in [6, 6.07) is 61.1.